The summed E-state index contributed by atoms with van der Waals surface area (Å²) in [6, 6.07) is 5.59. The van der Waals surface area contributed by atoms with Gasteiger partial charge in [0.1, 0.15) is 5.75 Å². The van der Waals surface area contributed by atoms with Gasteiger partial charge in [0.25, 0.3) is 0 Å². The average Bonchev–Trinajstić information content (AvgIpc) is 2.23. The van der Waals surface area contributed by atoms with Crippen molar-refractivity contribution in [3.63, 3.8) is 0 Å². The molecule has 1 aromatic carbocycles. The molecule has 0 saturated heterocycles. The molecule has 0 aliphatic rings. The van der Waals surface area contributed by atoms with Crippen molar-refractivity contribution in [2.45, 2.75) is 25.0 Å². The van der Waals surface area contributed by atoms with Crippen LogP contribution in [-0.4, -0.2) is 12.3 Å². The van der Waals surface area contributed by atoms with E-state index in [0.717, 1.165) is 11.6 Å². The third-order valence-electron chi connectivity index (χ3n) is 1.86. The van der Waals surface area contributed by atoms with Crippen molar-refractivity contribution >= 4 is 18.6 Å². The second kappa shape index (κ2) is 5.61. The molecule has 86 valence electrons. The van der Waals surface area contributed by atoms with E-state index < -0.39 is 12.3 Å². The SMILES string of the molecule is C=CC(=O)OC(C)Oc1cc(C)ccc1S. The molecule has 0 aliphatic heterocycles. The van der Waals surface area contributed by atoms with Gasteiger partial charge in [-0.3, -0.25) is 0 Å². The fourth-order valence-corrected chi connectivity index (χ4v) is 1.32. The number of rotatable bonds is 4. The quantitative estimate of drug-likeness (QED) is 0.379. The Balaban J connectivity index is 2.68. The van der Waals surface area contributed by atoms with Crippen LogP contribution in [0, 0.1) is 6.92 Å². The number of carbonyl (C=O) groups excluding carboxylic acids is 1. The number of hydrogen-bond donors (Lipinski definition) is 1. The number of carbonyl (C=O) groups is 1. The van der Waals surface area contributed by atoms with Gasteiger partial charge < -0.3 is 9.47 Å². The average molecular weight is 238 g/mol. The Morgan fingerprint density at radius 2 is 2.25 bits per heavy atom. The number of esters is 1. The first-order valence-corrected chi connectivity index (χ1v) is 5.27. The zero-order valence-electron chi connectivity index (χ0n) is 9.27. The van der Waals surface area contributed by atoms with Gasteiger partial charge in [-0.1, -0.05) is 12.6 Å². The topological polar surface area (TPSA) is 35.5 Å². The molecule has 1 aromatic rings. The van der Waals surface area contributed by atoms with Crippen molar-refractivity contribution in [2.24, 2.45) is 0 Å². The summed E-state index contributed by atoms with van der Waals surface area (Å²) in [5.41, 5.74) is 1.05. The van der Waals surface area contributed by atoms with Gasteiger partial charge in [0.05, 0.1) is 0 Å². The summed E-state index contributed by atoms with van der Waals surface area (Å²) < 4.78 is 10.3. The minimum atomic E-state index is -0.668. The molecule has 0 amide bonds. The van der Waals surface area contributed by atoms with Crippen molar-refractivity contribution in [3.8, 4) is 5.75 Å². The van der Waals surface area contributed by atoms with E-state index in [2.05, 4.69) is 19.2 Å². The summed E-state index contributed by atoms with van der Waals surface area (Å²) in [6.45, 7) is 6.89. The van der Waals surface area contributed by atoms with Crippen LogP contribution in [0.4, 0.5) is 0 Å². The maximum atomic E-state index is 10.9. The molecule has 16 heavy (non-hydrogen) atoms. The highest BCUT2D eigenvalue weighted by Gasteiger charge is 2.09. The number of benzene rings is 1. The van der Waals surface area contributed by atoms with Crippen LogP contribution in [0.1, 0.15) is 12.5 Å². The summed E-state index contributed by atoms with van der Waals surface area (Å²) in [4.78, 5) is 11.6. The van der Waals surface area contributed by atoms with E-state index in [1.807, 2.05) is 25.1 Å². The lowest BCUT2D eigenvalue weighted by Crippen LogP contribution is -2.19. The molecular formula is C12H14O3S. The number of hydrogen-bond acceptors (Lipinski definition) is 4. The van der Waals surface area contributed by atoms with E-state index in [9.17, 15) is 4.79 Å². The number of thiol groups is 1. The zero-order valence-corrected chi connectivity index (χ0v) is 10.2. The van der Waals surface area contributed by atoms with E-state index in [1.54, 1.807) is 6.92 Å². The Bertz CT molecular complexity index is 401. The Morgan fingerprint density at radius 1 is 1.56 bits per heavy atom. The molecule has 0 saturated carbocycles. The van der Waals surface area contributed by atoms with E-state index in [4.69, 9.17) is 9.47 Å². The second-order valence-electron chi connectivity index (χ2n) is 3.30. The Labute approximate surface area is 100 Å². The predicted molar refractivity (Wildman–Crippen MR) is 64.8 cm³/mol. The van der Waals surface area contributed by atoms with Crippen molar-refractivity contribution in [1.29, 1.82) is 0 Å². The minimum absolute atomic E-state index is 0.513. The predicted octanol–water partition coefficient (Wildman–Crippen LogP) is 2.74. The third-order valence-corrected chi connectivity index (χ3v) is 2.23. The first kappa shape index (κ1) is 12.6. The van der Waals surface area contributed by atoms with Crippen LogP contribution in [0.2, 0.25) is 0 Å². The molecule has 1 rings (SSSR count). The van der Waals surface area contributed by atoms with Gasteiger partial charge in [-0.15, -0.1) is 12.6 Å². The maximum Gasteiger partial charge on any atom is 0.333 e. The highest BCUT2D eigenvalue weighted by atomic mass is 32.1. The summed E-state index contributed by atoms with van der Waals surface area (Å²) in [6.07, 6.45) is 0.427. The largest absolute Gasteiger partial charge is 0.454 e. The van der Waals surface area contributed by atoms with Gasteiger partial charge in [-0.25, -0.2) is 4.79 Å². The Morgan fingerprint density at radius 3 is 2.88 bits per heavy atom. The van der Waals surface area contributed by atoms with Crippen LogP contribution in [-0.2, 0) is 9.53 Å². The van der Waals surface area contributed by atoms with Crippen molar-refractivity contribution in [2.75, 3.05) is 0 Å². The highest BCUT2D eigenvalue weighted by Crippen LogP contribution is 2.24. The monoisotopic (exact) mass is 238 g/mol. The highest BCUT2D eigenvalue weighted by molar-refractivity contribution is 7.80. The lowest BCUT2D eigenvalue weighted by molar-refractivity contribution is -0.155. The molecule has 0 fully saturated rings. The fraction of sp³-hybridized carbons (Fsp3) is 0.250. The molecule has 3 nitrogen and oxygen atoms in total. The van der Waals surface area contributed by atoms with Crippen molar-refractivity contribution in [1.82, 2.24) is 0 Å². The number of aryl methyl sites for hydroxylation is 1. The summed E-state index contributed by atoms with van der Waals surface area (Å²) in [7, 11) is 0. The van der Waals surface area contributed by atoms with Gasteiger partial charge in [0, 0.05) is 17.9 Å². The van der Waals surface area contributed by atoms with Crippen LogP contribution in [0.5, 0.6) is 5.75 Å². The molecule has 0 radical (unpaired) electrons. The van der Waals surface area contributed by atoms with E-state index in [0.29, 0.717) is 10.6 Å². The zero-order chi connectivity index (χ0) is 12.1. The standard InChI is InChI=1S/C12H14O3S/c1-4-12(13)15-9(3)14-10-7-8(2)5-6-11(10)16/h4-7,9,16H,1H2,2-3H3. The molecule has 0 spiro atoms. The molecule has 0 bridgehead atoms. The third kappa shape index (κ3) is 3.62. The molecule has 0 N–H and O–H groups in total. The number of ether oxygens (including phenoxy) is 2. The van der Waals surface area contributed by atoms with Crippen LogP contribution in [0.3, 0.4) is 0 Å². The van der Waals surface area contributed by atoms with Crippen LogP contribution in [0.15, 0.2) is 35.7 Å². The Kier molecular flexibility index (Phi) is 4.43. The summed E-state index contributed by atoms with van der Waals surface area (Å²) in [5.74, 6) is 0.0774. The molecule has 1 unspecified atom stereocenters. The first-order valence-electron chi connectivity index (χ1n) is 4.82. The van der Waals surface area contributed by atoms with Gasteiger partial charge in [0.15, 0.2) is 0 Å². The van der Waals surface area contributed by atoms with Gasteiger partial charge >= 0.3 is 5.97 Å². The molecule has 0 aromatic heterocycles. The lowest BCUT2D eigenvalue weighted by Gasteiger charge is -2.15. The fourth-order valence-electron chi connectivity index (χ4n) is 1.13. The second-order valence-corrected chi connectivity index (χ2v) is 3.78. The van der Waals surface area contributed by atoms with Gasteiger partial charge in [0.2, 0.25) is 6.29 Å². The molecular weight excluding hydrogens is 224 g/mol. The molecule has 0 heterocycles. The van der Waals surface area contributed by atoms with E-state index in [1.165, 1.54) is 0 Å². The molecule has 0 aliphatic carbocycles. The van der Waals surface area contributed by atoms with Crippen LogP contribution < -0.4 is 4.74 Å². The van der Waals surface area contributed by atoms with E-state index >= 15 is 0 Å². The summed E-state index contributed by atoms with van der Waals surface area (Å²) in [5, 5.41) is 0. The molecule has 1 atom stereocenters. The first-order chi connectivity index (χ1) is 7.52. The maximum absolute atomic E-state index is 10.9. The lowest BCUT2D eigenvalue weighted by atomic mass is 10.2. The minimum Gasteiger partial charge on any atom is -0.454 e. The van der Waals surface area contributed by atoms with Gasteiger partial charge in [-0.2, -0.15) is 0 Å². The molecule has 4 heteroatoms. The van der Waals surface area contributed by atoms with Crippen LogP contribution in [0.25, 0.3) is 0 Å². The van der Waals surface area contributed by atoms with E-state index in [-0.39, 0.29) is 0 Å². The van der Waals surface area contributed by atoms with Crippen molar-refractivity contribution in [3.05, 3.63) is 36.4 Å². The Hall–Kier alpha value is -1.42. The van der Waals surface area contributed by atoms with Crippen molar-refractivity contribution < 1.29 is 14.3 Å². The normalized spacial score (nSPS) is 11.7. The van der Waals surface area contributed by atoms with Gasteiger partial charge in [-0.05, 0) is 24.6 Å². The van der Waals surface area contributed by atoms with Crippen LogP contribution >= 0.6 is 12.6 Å². The smallest absolute Gasteiger partial charge is 0.333 e. The summed E-state index contributed by atoms with van der Waals surface area (Å²) >= 11 is 4.25.